The molecule has 116 valence electrons. The van der Waals surface area contributed by atoms with Gasteiger partial charge in [0.15, 0.2) is 0 Å². The van der Waals surface area contributed by atoms with Crippen LogP contribution in [-0.4, -0.2) is 62.5 Å². The largest absolute Gasteiger partial charge is 0.380 e. The Morgan fingerprint density at radius 3 is 2.15 bits per heavy atom. The van der Waals surface area contributed by atoms with Crippen LogP contribution in [0.25, 0.3) is 0 Å². The lowest BCUT2D eigenvalue weighted by molar-refractivity contribution is 0.0746. The molecule has 0 aromatic carbocycles. The highest BCUT2D eigenvalue weighted by molar-refractivity contribution is 5.08. The molecule has 0 radical (unpaired) electrons. The highest BCUT2D eigenvalue weighted by Crippen LogP contribution is 2.22. The Hall–Kier alpha value is -0.670. The van der Waals surface area contributed by atoms with Gasteiger partial charge in [0, 0.05) is 38.9 Å². The van der Waals surface area contributed by atoms with Gasteiger partial charge in [0.05, 0.1) is 19.3 Å². The zero-order valence-electron chi connectivity index (χ0n) is 13.2. The fourth-order valence-electron chi connectivity index (χ4n) is 2.18. The fraction of sp³-hybridized carbons (Fsp3) is 0.933. The molecule has 1 saturated carbocycles. The summed E-state index contributed by atoms with van der Waals surface area (Å²) in [5, 5.41) is 12.9. The molecule has 0 aliphatic heterocycles. The van der Waals surface area contributed by atoms with E-state index >= 15 is 0 Å². The summed E-state index contributed by atoms with van der Waals surface area (Å²) >= 11 is 0. The Morgan fingerprint density at radius 2 is 1.75 bits per heavy atom. The predicted molar refractivity (Wildman–Crippen MR) is 79.6 cm³/mol. The Morgan fingerprint density at radius 1 is 1.20 bits per heavy atom. The van der Waals surface area contributed by atoms with Crippen molar-refractivity contribution in [2.24, 2.45) is 0 Å². The molecule has 0 aromatic heterocycles. The molecule has 5 heteroatoms. The molecule has 1 unspecified atom stereocenters. The Labute approximate surface area is 123 Å². The lowest BCUT2D eigenvalue weighted by atomic mass is 10.0. The van der Waals surface area contributed by atoms with Crippen molar-refractivity contribution >= 4 is 0 Å². The summed E-state index contributed by atoms with van der Waals surface area (Å²) in [6, 6.07) is 2.95. The number of hydrogen-bond donors (Lipinski definition) is 1. The van der Waals surface area contributed by atoms with Crippen molar-refractivity contribution in [1.82, 2.24) is 10.2 Å². The van der Waals surface area contributed by atoms with Crippen molar-refractivity contribution in [3.05, 3.63) is 0 Å². The minimum Gasteiger partial charge on any atom is -0.380 e. The van der Waals surface area contributed by atoms with E-state index in [1.165, 1.54) is 12.8 Å². The first-order valence-electron chi connectivity index (χ1n) is 7.70. The van der Waals surface area contributed by atoms with Gasteiger partial charge in [-0.1, -0.05) is 0 Å². The number of nitrogens with zero attached hydrogens (tertiary/aromatic N) is 2. The zero-order chi connectivity index (χ0) is 14.8. The quantitative estimate of drug-likeness (QED) is 0.549. The molecular formula is C15H29N3O2. The first-order chi connectivity index (χ1) is 9.63. The third-order valence-electron chi connectivity index (χ3n) is 3.40. The number of ether oxygens (including phenoxy) is 2. The van der Waals surface area contributed by atoms with E-state index in [9.17, 15) is 5.26 Å². The minimum absolute atomic E-state index is 0.487. The second kappa shape index (κ2) is 9.30. The van der Waals surface area contributed by atoms with Crippen LogP contribution >= 0.6 is 0 Å². The Kier molecular flexibility index (Phi) is 8.08. The molecule has 1 rings (SSSR count). The molecule has 0 aromatic rings. The van der Waals surface area contributed by atoms with Gasteiger partial charge >= 0.3 is 0 Å². The summed E-state index contributed by atoms with van der Waals surface area (Å²) in [6.45, 7) is 11.2. The molecule has 0 amide bonds. The van der Waals surface area contributed by atoms with E-state index < -0.39 is 5.54 Å². The van der Waals surface area contributed by atoms with Crippen LogP contribution < -0.4 is 5.32 Å². The van der Waals surface area contributed by atoms with Crippen LogP contribution in [0.15, 0.2) is 0 Å². The van der Waals surface area contributed by atoms with Gasteiger partial charge in [-0.2, -0.15) is 5.26 Å². The first-order valence-corrected chi connectivity index (χ1v) is 7.70. The molecule has 5 nitrogen and oxygen atoms in total. The van der Waals surface area contributed by atoms with Gasteiger partial charge in [0.2, 0.25) is 0 Å². The van der Waals surface area contributed by atoms with E-state index in [-0.39, 0.29) is 0 Å². The Bertz CT molecular complexity index is 292. The Balaban J connectivity index is 2.43. The maximum absolute atomic E-state index is 9.45. The second-order valence-electron chi connectivity index (χ2n) is 5.53. The van der Waals surface area contributed by atoms with Gasteiger partial charge in [0.25, 0.3) is 0 Å². The number of rotatable bonds is 12. The molecule has 20 heavy (non-hydrogen) atoms. The maximum Gasteiger partial charge on any atom is 0.116 e. The minimum atomic E-state index is -0.487. The molecule has 1 atom stereocenters. The summed E-state index contributed by atoms with van der Waals surface area (Å²) < 4.78 is 10.9. The standard InChI is InChI=1S/C15H29N3O2/c1-4-19-10-8-18(9-11-20-5-2)13-15(3,12-16)17-14-6-7-14/h14,17H,4-11,13H2,1-3H3. The van der Waals surface area contributed by atoms with Gasteiger partial charge in [-0.3, -0.25) is 10.2 Å². The smallest absolute Gasteiger partial charge is 0.116 e. The molecule has 0 bridgehead atoms. The molecule has 0 saturated heterocycles. The van der Waals surface area contributed by atoms with E-state index in [4.69, 9.17) is 9.47 Å². The fourth-order valence-corrected chi connectivity index (χ4v) is 2.18. The molecule has 1 N–H and O–H groups in total. The third-order valence-corrected chi connectivity index (χ3v) is 3.40. The van der Waals surface area contributed by atoms with Crippen molar-refractivity contribution in [2.75, 3.05) is 46.1 Å². The van der Waals surface area contributed by atoms with Gasteiger partial charge in [-0.15, -0.1) is 0 Å². The van der Waals surface area contributed by atoms with Gasteiger partial charge in [0.1, 0.15) is 5.54 Å². The summed E-state index contributed by atoms with van der Waals surface area (Å²) in [5.74, 6) is 0. The van der Waals surface area contributed by atoms with Crippen molar-refractivity contribution in [2.45, 2.75) is 45.2 Å². The SMILES string of the molecule is CCOCCN(CCOCC)CC(C)(C#N)NC1CC1. The van der Waals surface area contributed by atoms with Gasteiger partial charge < -0.3 is 9.47 Å². The second-order valence-corrected chi connectivity index (χ2v) is 5.53. The average Bonchev–Trinajstić information content (AvgIpc) is 3.23. The van der Waals surface area contributed by atoms with Crippen LogP contribution in [0, 0.1) is 11.3 Å². The molecule has 0 heterocycles. The summed E-state index contributed by atoms with van der Waals surface area (Å²) in [4.78, 5) is 2.25. The van der Waals surface area contributed by atoms with E-state index in [1.807, 2.05) is 20.8 Å². The topological polar surface area (TPSA) is 57.5 Å². The lowest BCUT2D eigenvalue weighted by Gasteiger charge is -2.31. The maximum atomic E-state index is 9.45. The van der Waals surface area contributed by atoms with Crippen molar-refractivity contribution < 1.29 is 9.47 Å². The molecule has 0 spiro atoms. The van der Waals surface area contributed by atoms with Crippen LogP contribution in [0.2, 0.25) is 0 Å². The number of hydrogen-bond acceptors (Lipinski definition) is 5. The third kappa shape index (κ3) is 7.20. The highest BCUT2D eigenvalue weighted by Gasteiger charge is 2.33. The molecule has 1 aliphatic carbocycles. The molecule has 1 aliphatic rings. The zero-order valence-corrected chi connectivity index (χ0v) is 13.2. The van der Waals surface area contributed by atoms with Crippen molar-refractivity contribution in [3.63, 3.8) is 0 Å². The van der Waals surface area contributed by atoms with Crippen molar-refractivity contribution in [3.8, 4) is 6.07 Å². The summed E-state index contributed by atoms with van der Waals surface area (Å²) in [7, 11) is 0. The molecule has 1 fully saturated rings. The first kappa shape index (κ1) is 17.4. The predicted octanol–water partition coefficient (Wildman–Crippen LogP) is 1.40. The number of nitrogens with one attached hydrogen (secondary N) is 1. The highest BCUT2D eigenvalue weighted by atomic mass is 16.5. The van der Waals surface area contributed by atoms with E-state index in [0.29, 0.717) is 25.8 Å². The van der Waals surface area contributed by atoms with Crippen LogP contribution in [0.3, 0.4) is 0 Å². The van der Waals surface area contributed by atoms with Gasteiger partial charge in [-0.05, 0) is 33.6 Å². The lowest BCUT2D eigenvalue weighted by Crippen LogP contribution is -2.52. The monoisotopic (exact) mass is 283 g/mol. The van der Waals surface area contributed by atoms with Crippen LogP contribution in [0.4, 0.5) is 0 Å². The van der Waals surface area contributed by atoms with E-state index in [2.05, 4.69) is 16.3 Å². The molecular weight excluding hydrogens is 254 g/mol. The van der Waals surface area contributed by atoms with Gasteiger partial charge in [-0.25, -0.2) is 0 Å². The van der Waals surface area contributed by atoms with Crippen LogP contribution in [-0.2, 0) is 9.47 Å². The van der Waals surface area contributed by atoms with E-state index in [0.717, 1.165) is 26.3 Å². The average molecular weight is 283 g/mol. The normalized spacial score (nSPS) is 17.9. The summed E-state index contributed by atoms with van der Waals surface area (Å²) in [5.41, 5.74) is -0.487. The van der Waals surface area contributed by atoms with Crippen LogP contribution in [0.5, 0.6) is 0 Å². The summed E-state index contributed by atoms with van der Waals surface area (Å²) in [6.07, 6.45) is 2.38. The van der Waals surface area contributed by atoms with E-state index in [1.54, 1.807) is 0 Å². The number of nitriles is 1. The van der Waals surface area contributed by atoms with Crippen molar-refractivity contribution in [1.29, 1.82) is 5.26 Å². The van der Waals surface area contributed by atoms with Crippen LogP contribution in [0.1, 0.15) is 33.6 Å².